The summed E-state index contributed by atoms with van der Waals surface area (Å²) in [5.74, 6) is -2.70. The molecule has 3 rings (SSSR count). The molecule has 2 N–H and O–H groups in total. The zero-order valence-corrected chi connectivity index (χ0v) is 20.2. The van der Waals surface area contributed by atoms with Crippen molar-refractivity contribution in [2.24, 2.45) is 0 Å². The van der Waals surface area contributed by atoms with E-state index in [-0.39, 0.29) is 30.2 Å². The van der Waals surface area contributed by atoms with Crippen LogP contribution in [0.3, 0.4) is 0 Å². The molecule has 0 unspecified atom stereocenters. The van der Waals surface area contributed by atoms with Crippen LogP contribution in [-0.4, -0.2) is 54.8 Å². The minimum Gasteiger partial charge on any atom is -0.469 e. The largest absolute Gasteiger partial charge is 0.469 e. The maximum absolute atomic E-state index is 13.4. The number of thiazole rings is 1. The highest BCUT2D eigenvalue weighted by Gasteiger charge is 2.25. The molecule has 0 saturated heterocycles. The predicted octanol–water partition coefficient (Wildman–Crippen LogP) is 4.55. The van der Waals surface area contributed by atoms with Crippen molar-refractivity contribution in [2.45, 2.75) is 19.0 Å². The smallest absolute Gasteiger partial charge is 0.413 e. The van der Waals surface area contributed by atoms with Gasteiger partial charge in [-0.05, 0) is 17.7 Å². The zero-order chi connectivity index (χ0) is 25.5. The molecule has 0 spiro atoms. The molecule has 13 heteroatoms. The van der Waals surface area contributed by atoms with Gasteiger partial charge in [-0.3, -0.25) is 10.1 Å². The number of urea groups is 1. The number of aromatic nitrogens is 1. The van der Waals surface area contributed by atoms with E-state index in [1.807, 2.05) is 0 Å². The summed E-state index contributed by atoms with van der Waals surface area (Å²) in [5.41, 5.74) is 0.870. The fourth-order valence-electron chi connectivity index (χ4n) is 2.96. The summed E-state index contributed by atoms with van der Waals surface area (Å²) in [5, 5.41) is 5.60. The molecule has 186 valence electrons. The number of amides is 3. The monoisotopic (exact) mass is 526 g/mol. The Balaban J connectivity index is 1.60. The number of fused-ring (bicyclic) bond motifs is 1. The number of carbonyl (C=O) groups is 3. The Morgan fingerprint density at radius 1 is 1.20 bits per heavy atom. The van der Waals surface area contributed by atoms with Crippen molar-refractivity contribution in [3.05, 3.63) is 58.6 Å². The third-order valence-corrected chi connectivity index (χ3v) is 6.23. The highest BCUT2D eigenvalue weighted by molar-refractivity contribution is 7.22. The van der Waals surface area contributed by atoms with Gasteiger partial charge < -0.3 is 19.7 Å². The van der Waals surface area contributed by atoms with Gasteiger partial charge >= 0.3 is 18.1 Å². The molecule has 0 aliphatic carbocycles. The lowest BCUT2D eigenvalue weighted by molar-refractivity contribution is -0.142. The average Bonchev–Trinajstić information content (AvgIpc) is 3.21. The molecule has 0 aliphatic heterocycles. The van der Waals surface area contributed by atoms with E-state index in [0.717, 1.165) is 23.5 Å². The number of esters is 1. The number of anilines is 1. The van der Waals surface area contributed by atoms with Crippen LogP contribution in [0.15, 0.2) is 36.4 Å². The van der Waals surface area contributed by atoms with Gasteiger partial charge in [-0.25, -0.2) is 23.4 Å². The molecule has 0 fully saturated rings. The summed E-state index contributed by atoms with van der Waals surface area (Å²) in [6, 6.07) is 7.50. The first-order valence-electron chi connectivity index (χ1n) is 10.2. The first kappa shape index (κ1) is 26.1. The third-order valence-electron chi connectivity index (χ3n) is 4.93. The fraction of sp³-hybridized carbons (Fsp3) is 0.273. The van der Waals surface area contributed by atoms with Gasteiger partial charge in [0.05, 0.1) is 29.8 Å². The van der Waals surface area contributed by atoms with Crippen molar-refractivity contribution in [3.63, 3.8) is 0 Å². The van der Waals surface area contributed by atoms with Crippen LogP contribution in [-0.2, 0) is 20.8 Å². The Kier molecular flexibility index (Phi) is 8.77. The molecule has 0 radical (unpaired) electrons. The summed E-state index contributed by atoms with van der Waals surface area (Å²) >= 11 is 7.02. The number of methoxy groups -OCH3 is 1. The van der Waals surface area contributed by atoms with Gasteiger partial charge in [0.15, 0.2) is 16.8 Å². The molecule has 0 bridgehead atoms. The van der Waals surface area contributed by atoms with Crippen molar-refractivity contribution >= 4 is 56.4 Å². The van der Waals surface area contributed by atoms with Crippen molar-refractivity contribution in [1.29, 1.82) is 0 Å². The first-order chi connectivity index (χ1) is 16.7. The van der Waals surface area contributed by atoms with Crippen LogP contribution < -0.4 is 10.6 Å². The van der Waals surface area contributed by atoms with E-state index in [0.29, 0.717) is 15.3 Å². The van der Waals surface area contributed by atoms with E-state index >= 15 is 0 Å². The second-order valence-electron chi connectivity index (χ2n) is 7.27. The minimum absolute atomic E-state index is 0.0605. The van der Waals surface area contributed by atoms with E-state index in [1.54, 1.807) is 24.3 Å². The number of benzene rings is 2. The van der Waals surface area contributed by atoms with Crippen LogP contribution in [0.1, 0.15) is 12.0 Å². The fourth-order valence-corrected chi connectivity index (χ4v) is 4.02. The van der Waals surface area contributed by atoms with E-state index in [2.05, 4.69) is 20.4 Å². The third kappa shape index (κ3) is 6.99. The number of carbonyl (C=O) groups excluding carboxylic acids is 3. The Bertz CT molecular complexity index is 1200. The highest BCUT2D eigenvalue weighted by Crippen LogP contribution is 2.28. The van der Waals surface area contributed by atoms with Gasteiger partial charge in [-0.2, -0.15) is 0 Å². The summed E-state index contributed by atoms with van der Waals surface area (Å²) in [7, 11) is 2.64. The second kappa shape index (κ2) is 11.8. The van der Waals surface area contributed by atoms with Crippen LogP contribution in [0.25, 0.3) is 10.2 Å². The van der Waals surface area contributed by atoms with Gasteiger partial charge in [-0.15, -0.1) is 0 Å². The lowest BCUT2D eigenvalue weighted by atomic mass is 10.2. The van der Waals surface area contributed by atoms with Gasteiger partial charge in [-0.1, -0.05) is 41.1 Å². The van der Waals surface area contributed by atoms with Crippen molar-refractivity contribution in [1.82, 2.24) is 15.2 Å². The van der Waals surface area contributed by atoms with E-state index < -0.39 is 35.8 Å². The van der Waals surface area contributed by atoms with E-state index in [1.165, 1.54) is 19.1 Å². The molecule has 3 aromatic rings. The molecule has 0 aliphatic rings. The molecular formula is C22H21ClF2N4O5S. The average molecular weight is 527 g/mol. The number of hydrogen-bond acceptors (Lipinski definition) is 7. The quantitative estimate of drug-likeness (QED) is 0.417. The normalized spacial score (nSPS) is 11.6. The second-order valence-corrected chi connectivity index (χ2v) is 8.71. The number of likely N-dealkylation sites (N-methyl/N-ethyl adjacent to an activating group) is 1. The molecule has 1 atom stereocenters. The Labute approximate surface area is 208 Å². The van der Waals surface area contributed by atoms with Gasteiger partial charge in [0.25, 0.3) is 0 Å². The molecule has 1 aromatic heterocycles. The van der Waals surface area contributed by atoms with Gasteiger partial charge in [0, 0.05) is 24.7 Å². The number of ether oxygens (including phenoxy) is 2. The van der Waals surface area contributed by atoms with E-state index in [9.17, 15) is 23.2 Å². The SMILES string of the molecule is COC(=O)C[C@@H](COC(=O)Nc1nc2cc(F)c(F)cc2s1)N(C)C(=O)NCc1ccccc1Cl. The zero-order valence-electron chi connectivity index (χ0n) is 18.6. The number of halogens is 3. The number of hydrogen-bond donors (Lipinski definition) is 2. The molecule has 3 amide bonds. The summed E-state index contributed by atoms with van der Waals surface area (Å²) < 4.78 is 36.9. The van der Waals surface area contributed by atoms with Crippen LogP contribution in [0.4, 0.5) is 23.5 Å². The number of rotatable bonds is 8. The van der Waals surface area contributed by atoms with Crippen LogP contribution in [0, 0.1) is 11.6 Å². The predicted molar refractivity (Wildman–Crippen MR) is 126 cm³/mol. The van der Waals surface area contributed by atoms with Crippen LogP contribution in [0.2, 0.25) is 5.02 Å². The summed E-state index contributed by atoms with van der Waals surface area (Å²) in [4.78, 5) is 41.9. The molecule has 35 heavy (non-hydrogen) atoms. The standard InChI is InChI=1S/C22H21ClF2N4O5S/c1-29(21(31)26-10-12-5-3-4-6-14(12)23)13(7-19(30)33-2)11-34-22(32)28-20-27-17-8-15(24)16(25)9-18(17)35-20/h3-6,8-9,13H,7,10-11H2,1-2H3,(H,26,31)(H,27,28,32)/t13-/m0/s1. The highest BCUT2D eigenvalue weighted by atomic mass is 35.5. The molecule has 0 saturated carbocycles. The maximum atomic E-state index is 13.4. The molecule has 1 heterocycles. The number of nitrogens with one attached hydrogen (secondary N) is 2. The number of nitrogens with zero attached hydrogens (tertiary/aromatic N) is 2. The first-order valence-corrected chi connectivity index (χ1v) is 11.4. The molecule has 2 aromatic carbocycles. The Morgan fingerprint density at radius 2 is 1.91 bits per heavy atom. The van der Waals surface area contributed by atoms with Crippen molar-refractivity contribution in [3.8, 4) is 0 Å². The maximum Gasteiger partial charge on any atom is 0.413 e. The van der Waals surface area contributed by atoms with Crippen LogP contribution >= 0.6 is 22.9 Å². The lowest BCUT2D eigenvalue weighted by Crippen LogP contribution is -2.46. The Morgan fingerprint density at radius 3 is 2.63 bits per heavy atom. The lowest BCUT2D eigenvalue weighted by Gasteiger charge is -2.27. The Hall–Kier alpha value is -3.51. The van der Waals surface area contributed by atoms with Crippen molar-refractivity contribution < 1.29 is 32.6 Å². The van der Waals surface area contributed by atoms with Gasteiger partial charge in [0.2, 0.25) is 0 Å². The van der Waals surface area contributed by atoms with Gasteiger partial charge in [0.1, 0.15) is 6.61 Å². The topological polar surface area (TPSA) is 110 Å². The van der Waals surface area contributed by atoms with E-state index in [4.69, 9.17) is 16.3 Å². The van der Waals surface area contributed by atoms with Crippen LogP contribution in [0.5, 0.6) is 0 Å². The summed E-state index contributed by atoms with van der Waals surface area (Å²) in [6.07, 6.45) is -1.16. The minimum atomic E-state index is -1.06. The molecule has 9 nitrogen and oxygen atoms in total. The molecular weight excluding hydrogens is 506 g/mol. The van der Waals surface area contributed by atoms with Crippen molar-refractivity contribution in [2.75, 3.05) is 26.1 Å². The summed E-state index contributed by atoms with van der Waals surface area (Å²) in [6.45, 7) is -0.195.